The van der Waals surface area contributed by atoms with E-state index in [4.69, 9.17) is 9.47 Å². The minimum Gasteiger partial charge on any atom is -0.483 e. The highest BCUT2D eigenvalue weighted by Gasteiger charge is 2.10. The van der Waals surface area contributed by atoms with Gasteiger partial charge >= 0.3 is 0 Å². The highest BCUT2D eigenvalue weighted by molar-refractivity contribution is 9.10. The number of hydrogen-bond donors (Lipinski definition) is 1. The lowest BCUT2D eigenvalue weighted by Crippen LogP contribution is -2.31. The third-order valence-electron chi connectivity index (χ3n) is 2.58. The molecule has 0 unspecified atom stereocenters. The summed E-state index contributed by atoms with van der Waals surface area (Å²) in [4.78, 5) is 11.5. The zero-order chi connectivity index (χ0) is 14.3. The Kier molecular flexibility index (Phi) is 6.87. The van der Waals surface area contributed by atoms with E-state index in [9.17, 15) is 4.79 Å². The molecule has 0 radical (unpaired) electrons. The molecule has 0 fully saturated rings. The van der Waals surface area contributed by atoms with Gasteiger partial charge in [0.2, 0.25) is 0 Å². The van der Waals surface area contributed by atoms with Crippen LogP contribution in [0, 0.1) is 0 Å². The Balaban J connectivity index is 2.55. The van der Waals surface area contributed by atoms with Crippen LogP contribution in [-0.4, -0.2) is 32.8 Å². The van der Waals surface area contributed by atoms with Crippen LogP contribution < -0.4 is 10.1 Å². The summed E-state index contributed by atoms with van der Waals surface area (Å²) in [6.45, 7) is 5.20. The van der Waals surface area contributed by atoms with Gasteiger partial charge in [-0.05, 0) is 29.7 Å². The number of methoxy groups -OCH3 is 1. The van der Waals surface area contributed by atoms with E-state index in [1.165, 1.54) is 0 Å². The molecule has 5 heteroatoms. The molecule has 19 heavy (non-hydrogen) atoms. The first-order valence-corrected chi connectivity index (χ1v) is 7.01. The molecule has 1 aromatic rings. The Hall–Kier alpha value is -1.07. The van der Waals surface area contributed by atoms with E-state index in [2.05, 4.69) is 35.1 Å². The molecular formula is C14H20BrNO3. The zero-order valence-corrected chi connectivity index (χ0v) is 13.1. The fourth-order valence-corrected chi connectivity index (χ4v) is 1.97. The largest absolute Gasteiger partial charge is 0.483 e. The van der Waals surface area contributed by atoms with Crippen molar-refractivity contribution in [1.82, 2.24) is 5.32 Å². The topological polar surface area (TPSA) is 47.6 Å². The molecule has 0 aliphatic carbocycles. The van der Waals surface area contributed by atoms with Crippen molar-refractivity contribution in [3.63, 3.8) is 0 Å². The van der Waals surface area contributed by atoms with Crippen molar-refractivity contribution in [3.05, 3.63) is 28.2 Å². The predicted octanol–water partition coefficient (Wildman–Crippen LogP) is 2.71. The maximum atomic E-state index is 11.5. The molecule has 0 saturated carbocycles. The summed E-state index contributed by atoms with van der Waals surface area (Å²) in [5.74, 6) is 0.943. The van der Waals surface area contributed by atoms with Crippen LogP contribution in [0.5, 0.6) is 5.75 Å². The highest BCUT2D eigenvalue weighted by atomic mass is 79.9. The molecule has 106 valence electrons. The molecule has 1 amide bonds. The van der Waals surface area contributed by atoms with Crippen molar-refractivity contribution in [3.8, 4) is 5.75 Å². The monoisotopic (exact) mass is 329 g/mol. The van der Waals surface area contributed by atoms with Gasteiger partial charge in [-0.2, -0.15) is 0 Å². The summed E-state index contributed by atoms with van der Waals surface area (Å²) in [5, 5.41) is 2.72. The highest BCUT2D eigenvalue weighted by Crippen LogP contribution is 2.29. The summed E-state index contributed by atoms with van der Waals surface area (Å²) in [6.07, 6.45) is 0. The number of hydrogen-bond acceptors (Lipinski definition) is 3. The Morgan fingerprint density at radius 3 is 2.79 bits per heavy atom. The fourth-order valence-electron chi connectivity index (χ4n) is 1.59. The summed E-state index contributed by atoms with van der Waals surface area (Å²) in [6, 6.07) is 5.80. The number of ether oxygens (including phenoxy) is 2. The smallest absolute Gasteiger partial charge is 0.258 e. The van der Waals surface area contributed by atoms with Crippen molar-refractivity contribution in [1.29, 1.82) is 0 Å². The lowest BCUT2D eigenvalue weighted by molar-refractivity contribution is -0.123. The third-order valence-corrected chi connectivity index (χ3v) is 3.07. The van der Waals surface area contributed by atoms with Crippen molar-refractivity contribution >= 4 is 21.8 Å². The van der Waals surface area contributed by atoms with E-state index < -0.39 is 0 Å². The molecule has 0 aliphatic heterocycles. The second-order valence-corrected chi connectivity index (χ2v) is 5.38. The zero-order valence-electron chi connectivity index (χ0n) is 11.5. The van der Waals surface area contributed by atoms with Gasteiger partial charge in [0.15, 0.2) is 6.61 Å². The Labute approximate surface area is 122 Å². The average molecular weight is 330 g/mol. The van der Waals surface area contributed by atoms with E-state index in [0.29, 0.717) is 19.1 Å². The summed E-state index contributed by atoms with van der Waals surface area (Å²) < 4.78 is 11.4. The molecule has 1 aromatic carbocycles. The number of benzene rings is 1. The molecule has 4 nitrogen and oxygen atoms in total. The van der Waals surface area contributed by atoms with Gasteiger partial charge < -0.3 is 14.8 Å². The second-order valence-electron chi connectivity index (χ2n) is 4.47. The van der Waals surface area contributed by atoms with Crippen LogP contribution in [0.3, 0.4) is 0 Å². The quantitative estimate of drug-likeness (QED) is 0.782. The van der Waals surface area contributed by atoms with Gasteiger partial charge in [-0.3, -0.25) is 4.79 Å². The molecule has 0 atom stereocenters. The Morgan fingerprint density at radius 2 is 2.16 bits per heavy atom. The standard InChI is InChI=1S/C14H20BrNO3/c1-10(2)12-8-11(15)4-5-13(12)19-9-14(17)16-6-7-18-3/h4-5,8,10H,6-7,9H2,1-3H3,(H,16,17). The fraction of sp³-hybridized carbons (Fsp3) is 0.500. The first-order chi connectivity index (χ1) is 9.04. The van der Waals surface area contributed by atoms with Crippen LogP contribution in [0.1, 0.15) is 25.3 Å². The summed E-state index contributed by atoms with van der Waals surface area (Å²) in [5.41, 5.74) is 1.08. The van der Waals surface area contributed by atoms with Crippen molar-refractivity contribution in [2.75, 3.05) is 26.9 Å². The normalized spacial score (nSPS) is 10.6. The average Bonchev–Trinajstić information content (AvgIpc) is 2.37. The van der Waals surface area contributed by atoms with Gasteiger partial charge in [-0.1, -0.05) is 29.8 Å². The van der Waals surface area contributed by atoms with E-state index in [-0.39, 0.29) is 12.5 Å². The minimum absolute atomic E-state index is 0.0189. The molecule has 0 heterocycles. The number of carbonyl (C=O) groups is 1. The molecule has 1 N–H and O–H groups in total. The maximum absolute atomic E-state index is 11.5. The van der Waals surface area contributed by atoms with Crippen molar-refractivity contribution in [2.45, 2.75) is 19.8 Å². The first kappa shape index (κ1) is 16.0. The molecule has 0 bridgehead atoms. The first-order valence-electron chi connectivity index (χ1n) is 6.22. The van der Waals surface area contributed by atoms with E-state index in [1.807, 2.05) is 18.2 Å². The SMILES string of the molecule is COCCNC(=O)COc1ccc(Br)cc1C(C)C. The van der Waals surface area contributed by atoms with Crippen LogP contribution in [0.15, 0.2) is 22.7 Å². The van der Waals surface area contributed by atoms with Crippen LogP contribution in [-0.2, 0) is 9.53 Å². The van der Waals surface area contributed by atoms with Gasteiger partial charge in [0.25, 0.3) is 5.91 Å². The number of amides is 1. The lowest BCUT2D eigenvalue weighted by atomic mass is 10.0. The van der Waals surface area contributed by atoms with Crippen LogP contribution in [0.2, 0.25) is 0 Å². The van der Waals surface area contributed by atoms with Crippen LogP contribution in [0.25, 0.3) is 0 Å². The van der Waals surface area contributed by atoms with Crippen LogP contribution in [0.4, 0.5) is 0 Å². The molecule has 0 aromatic heterocycles. The Morgan fingerprint density at radius 1 is 1.42 bits per heavy atom. The van der Waals surface area contributed by atoms with Crippen LogP contribution >= 0.6 is 15.9 Å². The molecular weight excluding hydrogens is 310 g/mol. The Bertz CT molecular complexity index is 421. The summed E-state index contributed by atoms with van der Waals surface area (Å²) in [7, 11) is 1.60. The van der Waals surface area contributed by atoms with Crippen molar-refractivity contribution in [2.24, 2.45) is 0 Å². The maximum Gasteiger partial charge on any atom is 0.258 e. The van der Waals surface area contributed by atoms with Gasteiger partial charge in [0, 0.05) is 18.1 Å². The molecule has 1 rings (SSSR count). The second kappa shape index (κ2) is 8.17. The predicted molar refractivity (Wildman–Crippen MR) is 78.6 cm³/mol. The molecule has 0 aliphatic rings. The van der Waals surface area contributed by atoms with Gasteiger partial charge in [0.05, 0.1) is 6.61 Å². The van der Waals surface area contributed by atoms with E-state index in [1.54, 1.807) is 7.11 Å². The number of carbonyl (C=O) groups excluding carboxylic acids is 1. The third kappa shape index (κ3) is 5.61. The molecule has 0 spiro atoms. The number of nitrogens with one attached hydrogen (secondary N) is 1. The number of halogens is 1. The van der Waals surface area contributed by atoms with Gasteiger partial charge in [-0.25, -0.2) is 0 Å². The number of rotatable bonds is 7. The van der Waals surface area contributed by atoms with Crippen molar-refractivity contribution < 1.29 is 14.3 Å². The molecule has 0 saturated heterocycles. The lowest BCUT2D eigenvalue weighted by Gasteiger charge is -2.14. The van der Waals surface area contributed by atoms with E-state index in [0.717, 1.165) is 15.8 Å². The van der Waals surface area contributed by atoms with Gasteiger partial charge in [0.1, 0.15) is 5.75 Å². The minimum atomic E-state index is -0.144. The summed E-state index contributed by atoms with van der Waals surface area (Å²) >= 11 is 3.44. The van der Waals surface area contributed by atoms with E-state index >= 15 is 0 Å². The van der Waals surface area contributed by atoms with Gasteiger partial charge in [-0.15, -0.1) is 0 Å².